The van der Waals surface area contributed by atoms with E-state index in [1.807, 2.05) is 48.7 Å². The molecule has 0 unspecified atom stereocenters. The fourth-order valence-corrected chi connectivity index (χ4v) is 5.74. The minimum absolute atomic E-state index is 0.151. The van der Waals surface area contributed by atoms with Crippen molar-refractivity contribution in [1.82, 2.24) is 14.9 Å². The Kier molecular flexibility index (Phi) is 6.73. The van der Waals surface area contributed by atoms with Gasteiger partial charge in [0.2, 0.25) is 0 Å². The Balaban J connectivity index is 1.70. The van der Waals surface area contributed by atoms with Gasteiger partial charge in [-0.05, 0) is 80.2 Å². The number of aryl methyl sites for hydroxylation is 1. The lowest BCUT2D eigenvalue weighted by Gasteiger charge is -2.29. The maximum atomic E-state index is 5.93. The molecule has 1 aliphatic rings. The smallest absolute Gasteiger partial charge is 0.174 e. The second-order valence-corrected chi connectivity index (χ2v) is 9.98. The second-order valence-electron chi connectivity index (χ2n) is 8.68. The van der Waals surface area contributed by atoms with Gasteiger partial charge in [0, 0.05) is 33.8 Å². The van der Waals surface area contributed by atoms with Gasteiger partial charge in [0.25, 0.3) is 0 Å². The number of halogens is 1. The SMILES string of the molecule is COc1ccc(N2C(=S)N[C@H](c3ccccn3)[C@@H]2c2cc(C)n(-c3cccc(Br)c3)c2C)c(OC)c1. The van der Waals surface area contributed by atoms with Crippen molar-refractivity contribution in [2.75, 3.05) is 19.1 Å². The van der Waals surface area contributed by atoms with E-state index >= 15 is 0 Å². The number of rotatable bonds is 6. The van der Waals surface area contributed by atoms with Gasteiger partial charge in [0.15, 0.2) is 5.11 Å². The maximum absolute atomic E-state index is 5.93. The van der Waals surface area contributed by atoms with Gasteiger partial charge in [-0.1, -0.05) is 28.1 Å². The first-order valence-electron chi connectivity index (χ1n) is 11.6. The zero-order chi connectivity index (χ0) is 25.4. The van der Waals surface area contributed by atoms with E-state index in [9.17, 15) is 0 Å². The van der Waals surface area contributed by atoms with Crippen LogP contribution in [0.3, 0.4) is 0 Å². The van der Waals surface area contributed by atoms with Gasteiger partial charge in [0.1, 0.15) is 11.5 Å². The molecular formula is C28H27BrN4O2S. The molecule has 2 atom stereocenters. The van der Waals surface area contributed by atoms with Gasteiger partial charge in [-0.25, -0.2) is 0 Å². The van der Waals surface area contributed by atoms with E-state index in [0.717, 1.165) is 44.2 Å². The van der Waals surface area contributed by atoms with E-state index in [-0.39, 0.29) is 12.1 Å². The van der Waals surface area contributed by atoms with E-state index in [2.05, 4.69) is 73.8 Å². The average Bonchev–Trinajstić information content (AvgIpc) is 3.38. The van der Waals surface area contributed by atoms with Gasteiger partial charge in [0.05, 0.1) is 37.7 Å². The summed E-state index contributed by atoms with van der Waals surface area (Å²) in [7, 11) is 3.31. The summed E-state index contributed by atoms with van der Waals surface area (Å²) < 4.78 is 14.5. The van der Waals surface area contributed by atoms with Crippen molar-refractivity contribution in [2.24, 2.45) is 0 Å². The van der Waals surface area contributed by atoms with Crippen LogP contribution in [0.25, 0.3) is 5.69 Å². The summed E-state index contributed by atoms with van der Waals surface area (Å²) in [4.78, 5) is 6.82. The van der Waals surface area contributed by atoms with Gasteiger partial charge in [-0.15, -0.1) is 0 Å². The standard InChI is InChI=1S/C28H27BrN4O2S/c1-17-14-22(18(2)32(17)20-9-7-8-19(29)15-20)27-26(23-10-5-6-13-30-23)31-28(36)33(27)24-12-11-21(34-3)16-25(24)35-4/h5-16,26-27H,1-4H3,(H,31,36)/t26-,27+/m1/s1. The number of pyridine rings is 1. The minimum Gasteiger partial charge on any atom is -0.497 e. The predicted molar refractivity (Wildman–Crippen MR) is 150 cm³/mol. The quantitative estimate of drug-likeness (QED) is 0.273. The third kappa shape index (κ3) is 4.24. The summed E-state index contributed by atoms with van der Waals surface area (Å²) in [5.74, 6) is 1.41. The number of ether oxygens (including phenoxy) is 2. The Morgan fingerprint density at radius 1 is 0.972 bits per heavy atom. The molecule has 3 heterocycles. The number of thiocarbonyl (C=S) groups is 1. The number of methoxy groups -OCH3 is 2. The number of hydrogen-bond acceptors (Lipinski definition) is 4. The molecule has 0 saturated carbocycles. The zero-order valence-electron chi connectivity index (χ0n) is 20.5. The van der Waals surface area contributed by atoms with E-state index in [4.69, 9.17) is 21.7 Å². The molecule has 0 bridgehead atoms. The van der Waals surface area contributed by atoms with Crippen molar-refractivity contribution in [3.05, 3.63) is 100 Å². The lowest BCUT2D eigenvalue weighted by atomic mass is 9.96. The Morgan fingerprint density at radius 2 is 1.81 bits per heavy atom. The molecule has 1 fully saturated rings. The normalized spacial score (nSPS) is 17.2. The fraction of sp³-hybridized carbons (Fsp3) is 0.214. The van der Waals surface area contributed by atoms with Crippen LogP contribution < -0.4 is 19.7 Å². The molecule has 1 N–H and O–H groups in total. The van der Waals surface area contributed by atoms with Crippen molar-refractivity contribution in [3.8, 4) is 17.2 Å². The van der Waals surface area contributed by atoms with Crippen molar-refractivity contribution < 1.29 is 9.47 Å². The summed E-state index contributed by atoms with van der Waals surface area (Å²) in [5.41, 5.74) is 6.33. The number of aromatic nitrogens is 2. The van der Waals surface area contributed by atoms with E-state index in [0.29, 0.717) is 10.9 Å². The minimum atomic E-state index is -0.151. The monoisotopic (exact) mass is 562 g/mol. The Labute approximate surface area is 225 Å². The molecule has 4 aromatic rings. The van der Waals surface area contributed by atoms with Crippen LogP contribution in [0.4, 0.5) is 5.69 Å². The van der Waals surface area contributed by atoms with Crippen LogP contribution in [0, 0.1) is 13.8 Å². The van der Waals surface area contributed by atoms with E-state index in [1.165, 1.54) is 0 Å². The van der Waals surface area contributed by atoms with Gasteiger partial charge >= 0.3 is 0 Å². The van der Waals surface area contributed by atoms with Crippen molar-refractivity contribution >= 4 is 38.9 Å². The highest BCUT2D eigenvalue weighted by molar-refractivity contribution is 9.10. The second kappa shape index (κ2) is 9.95. The third-order valence-corrected chi connectivity index (χ3v) is 7.41. The number of benzene rings is 2. The highest BCUT2D eigenvalue weighted by Gasteiger charge is 2.43. The third-order valence-electron chi connectivity index (χ3n) is 6.60. The molecule has 36 heavy (non-hydrogen) atoms. The number of anilines is 1. The largest absolute Gasteiger partial charge is 0.497 e. The molecule has 2 aromatic heterocycles. The van der Waals surface area contributed by atoms with Crippen molar-refractivity contribution in [2.45, 2.75) is 25.9 Å². The first kappa shape index (κ1) is 24.3. The van der Waals surface area contributed by atoms with Crippen LogP contribution in [0.5, 0.6) is 11.5 Å². The molecule has 0 aliphatic carbocycles. The molecule has 184 valence electrons. The zero-order valence-corrected chi connectivity index (χ0v) is 22.9. The lowest BCUT2D eigenvalue weighted by Crippen LogP contribution is -2.30. The Hall–Kier alpha value is -3.36. The number of nitrogens with zero attached hydrogens (tertiary/aromatic N) is 3. The average molecular weight is 564 g/mol. The van der Waals surface area contributed by atoms with Gasteiger partial charge in [-0.3, -0.25) is 4.98 Å². The topological polar surface area (TPSA) is 51.5 Å². The molecule has 6 nitrogen and oxygen atoms in total. The van der Waals surface area contributed by atoms with Crippen LogP contribution in [-0.2, 0) is 0 Å². The van der Waals surface area contributed by atoms with Crippen LogP contribution in [0.15, 0.2) is 77.4 Å². The lowest BCUT2D eigenvalue weighted by molar-refractivity contribution is 0.394. The molecule has 8 heteroatoms. The van der Waals surface area contributed by atoms with Crippen molar-refractivity contribution in [1.29, 1.82) is 0 Å². The number of hydrogen-bond donors (Lipinski definition) is 1. The Bertz CT molecular complexity index is 1420. The molecule has 1 saturated heterocycles. The van der Waals surface area contributed by atoms with Gasteiger partial charge < -0.3 is 24.3 Å². The van der Waals surface area contributed by atoms with Crippen LogP contribution >= 0.6 is 28.1 Å². The summed E-state index contributed by atoms with van der Waals surface area (Å²) in [6.07, 6.45) is 1.82. The molecule has 5 rings (SSSR count). The maximum Gasteiger partial charge on any atom is 0.174 e. The fourth-order valence-electron chi connectivity index (χ4n) is 5.01. The molecule has 0 spiro atoms. The molecule has 2 aromatic carbocycles. The van der Waals surface area contributed by atoms with E-state index in [1.54, 1.807) is 14.2 Å². The highest BCUT2D eigenvalue weighted by Crippen LogP contribution is 2.46. The molecular weight excluding hydrogens is 536 g/mol. The first-order chi connectivity index (χ1) is 17.4. The summed E-state index contributed by atoms with van der Waals surface area (Å²) >= 11 is 9.54. The first-order valence-corrected chi connectivity index (χ1v) is 12.8. The van der Waals surface area contributed by atoms with Crippen LogP contribution in [0.1, 0.15) is 34.7 Å². The van der Waals surface area contributed by atoms with E-state index < -0.39 is 0 Å². The van der Waals surface area contributed by atoms with Gasteiger partial charge in [-0.2, -0.15) is 0 Å². The Morgan fingerprint density at radius 3 is 2.50 bits per heavy atom. The molecule has 0 amide bonds. The summed E-state index contributed by atoms with van der Waals surface area (Å²) in [5, 5.41) is 4.16. The highest BCUT2D eigenvalue weighted by atomic mass is 79.9. The number of nitrogens with one attached hydrogen (secondary N) is 1. The van der Waals surface area contributed by atoms with Crippen LogP contribution in [0.2, 0.25) is 0 Å². The van der Waals surface area contributed by atoms with Crippen molar-refractivity contribution in [3.63, 3.8) is 0 Å². The predicted octanol–water partition coefficient (Wildman–Crippen LogP) is 6.45. The molecule has 0 radical (unpaired) electrons. The summed E-state index contributed by atoms with van der Waals surface area (Å²) in [6, 6.07) is 22.0. The van der Waals surface area contributed by atoms with Crippen LogP contribution in [-0.4, -0.2) is 28.9 Å². The summed E-state index contributed by atoms with van der Waals surface area (Å²) in [6.45, 7) is 4.29. The molecule has 1 aliphatic heterocycles.